The van der Waals surface area contributed by atoms with Crippen LogP contribution >= 0.6 is 27.3 Å². The first-order chi connectivity index (χ1) is 12.0. The summed E-state index contributed by atoms with van der Waals surface area (Å²) in [7, 11) is 4.03. The number of carbonyl (C=O) groups excluding carboxylic acids is 1. The maximum absolute atomic E-state index is 12.9. The van der Waals surface area contributed by atoms with Gasteiger partial charge in [-0.25, -0.2) is 4.98 Å². The second-order valence-corrected chi connectivity index (χ2v) is 7.85. The van der Waals surface area contributed by atoms with E-state index >= 15 is 0 Å². The number of anilines is 1. The Hall–Kier alpha value is -1.35. The molecule has 0 bridgehead atoms. The molecule has 142 valence electrons. The molecule has 26 heavy (non-hydrogen) atoms. The second kappa shape index (κ2) is 9.55. The third-order valence-corrected chi connectivity index (χ3v) is 5.20. The van der Waals surface area contributed by atoms with Crippen molar-refractivity contribution in [3.63, 3.8) is 0 Å². The van der Waals surface area contributed by atoms with Gasteiger partial charge in [0.15, 0.2) is 5.13 Å². The van der Waals surface area contributed by atoms with E-state index < -0.39 is 0 Å². The summed E-state index contributed by atoms with van der Waals surface area (Å²) in [6.07, 6.45) is 2.24. The van der Waals surface area contributed by atoms with Crippen molar-refractivity contribution in [3.8, 4) is 0 Å². The summed E-state index contributed by atoms with van der Waals surface area (Å²) in [6, 6.07) is 5.91. The number of carbonyl (C=O) groups is 1. The normalized spacial score (nSPS) is 13.6. The molecule has 2 heterocycles. The van der Waals surface area contributed by atoms with E-state index in [0.717, 1.165) is 27.7 Å². The molecule has 0 atom stereocenters. The number of ether oxygens (including phenoxy) is 2. The molecule has 1 aliphatic rings. The molecule has 0 saturated heterocycles. The Morgan fingerprint density at radius 3 is 2.81 bits per heavy atom. The largest absolute Gasteiger partial charge is 1.00 e. The molecule has 9 heteroatoms. The minimum atomic E-state index is -0.212. The zero-order valence-corrected chi connectivity index (χ0v) is 17.7. The van der Waals surface area contributed by atoms with Gasteiger partial charge in [0, 0.05) is 11.0 Å². The standard InChI is InChI=1S/C17H20BrN3O3S.ClH/c1-20(2)6-3-7-21(16(22)14-11-23-8-9-24-14)17-19-13-5-4-12(18)10-15(13)25-17;/h4-5,10-11H,3,6-9H2,1-2H3;1H/p-1. The number of hydrogen-bond acceptors (Lipinski definition) is 6. The summed E-state index contributed by atoms with van der Waals surface area (Å²) in [6.45, 7) is 2.30. The lowest BCUT2D eigenvalue weighted by Gasteiger charge is -2.23. The summed E-state index contributed by atoms with van der Waals surface area (Å²) in [5.41, 5.74) is 0.878. The molecule has 1 aromatic heterocycles. The monoisotopic (exact) mass is 460 g/mol. The minimum absolute atomic E-state index is 0. The smallest absolute Gasteiger partial charge is 0.298 e. The Balaban J connectivity index is 0.00000243. The maximum Gasteiger partial charge on any atom is 0.298 e. The van der Waals surface area contributed by atoms with Crippen LogP contribution in [-0.4, -0.2) is 56.2 Å². The van der Waals surface area contributed by atoms with Gasteiger partial charge < -0.3 is 26.8 Å². The van der Waals surface area contributed by atoms with Gasteiger partial charge >= 0.3 is 0 Å². The van der Waals surface area contributed by atoms with Crippen LogP contribution in [0.1, 0.15) is 6.42 Å². The Labute approximate surface area is 171 Å². The Kier molecular flexibility index (Phi) is 7.69. The Bertz CT molecular complexity index is 797. The predicted molar refractivity (Wildman–Crippen MR) is 103 cm³/mol. The van der Waals surface area contributed by atoms with Crippen LogP contribution in [0.4, 0.5) is 5.13 Å². The fourth-order valence-corrected chi connectivity index (χ4v) is 3.99. The van der Waals surface area contributed by atoms with Crippen LogP contribution in [0, 0.1) is 0 Å². The first kappa shape index (κ1) is 21.0. The number of rotatable bonds is 6. The molecule has 1 aromatic carbocycles. The van der Waals surface area contributed by atoms with E-state index in [0.29, 0.717) is 24.9 Å². The van der Waals surface area contributed by atoms with E-state index in [-0.39, 0.29) is 24.1 Å². The highest BCUT2D eigenvalue weighted by Gasteiger charge is 2.26. The predicted octanol–water partition coefficient (Wildman–Crippen LogP) is 0.236. The van der Waals surface area contributed by atoms with Gasteiger partial charge in [-0.3, -0.25) is 9.69 Å². The number of aromatic nitrogens is 1. The first-order valence-corrected chi connectivity index (χ1v) is 9.63. The van der Waals surface area contributed by atoms with Gasteiger partial charge in [-0.05, 0) is 45.3 Å². The van der Waals surface area contributed by atoms with Crippen molar-refractivity contribution < 1.29 is 26.7 Å². The van der Waals surface area contributed by atoms with Crippen molar-refractivity contribution in [2.75, 3.05) is 45.3 Å². The van der Waals surface area contributed by atoms with Gasteiger partial charge in [0.1, 0.15) is 19.5 Å². The number of halogens is 2. The molecule has 0 aliphatic carbocycles. The van der Waals surface area contributed by atoms with Gasteiger partial charge in [-0.2, -0.15) is 0 Å². The number of fused-ring (bicyclic) bond motifs is 1. The molecule has 6 nitrogen and oxygen atoms in total. The van der Waals surface area contributed by atoms with E-state index in [4.69, 9.17) is 9.47 Å². The van der Waals surface area contributed by atoms with E-state index in [9.17, 15) is 4.79 Å². The molecular weight excluding hydrogens is 442 g/mol. The van der Waals surface area contributed by atoms with Crippen LogP contribution in [-0.2, 0) is 14.3 Å². The molecule has 0 radical (unpaired) electrons. The molecule has 1 amide bonds. The highest BCUT2D eigenvalue weighted by Crippen LogP contribution is 2.32. The van der Waals surface area contributed by atoms with Crippen molar-refractivity contribution in [2.24, 2.45) is 0 Å². The number of thiazole rings is 1. The molecule has 1 aliphatic heterocycles. The van der Waals surface area contributed by atoms with E-state index in [2.05, 4.69) is 25.8 Å². The van der Waals surface area contributed by atoms with Crippen LogP contribution in [0.2, 0.25) is 0 Å². The Morgan fingerprint density at radius 1 is 1.31 bits per heavy atom. The highest BCUT2D eigenvalue weighted by molar-refractivity contribution is 9.10. The van der Waals surface area contributed by atoms with E-state index in [1.165, 1.54) is 17.6 Å². The van der Waals surface area contributed by atoms with E-state index in [1.54, 1.807) is 4.90 Å². The average Bonchev–Trinajstić information content (AvgIpc) is 3.01. The van der Waals surface area contributed by atoms with Crippen LogP contribution < -0.4 is 17.3 Å². The summed E-state index contributed by atoms with van der Waals surface area (Å²) < 4.78 is 12.7. The molecule has 3 rings (SSSR count). The van der Waals surface area contributed by atoms with Crippen molar-refractivity contribution >= 4 is 48.5 Å². The number of hydrogen-bond donors (Lipinski definition) is 0. The van der Waals surface area contributed by atoms with Crippen LogP contribution in [0.3, 0.4) is 0 Å². The zero-order valence-electron chi connectivity index (χ0n) is 14.6. The van der Waals surface area contributed by atoms with Crippen LogP contribution in [0.25, 0.3) is 10.2 Å². The fraction of sp³-hybridized carbons (Fsp3) is 0.412. The summed E-state index contributed by atoms with van der Waals surface area (Å²) in [5, 5.41) is 0.673. The van der Waals surface area contributed by atoms with E-state index in [1.807, 2.05) is 32.3 Å². The van der Waals surface area contributed by atoms with Gasteiger partial charge in [0.25, 0.3) is 5.91 Å². The summed E-state index contributed by atoms with van der Waals surface area (Å²) >= 11 is 4.97. The van der Waals surface area contributed by atoms with Crippen LogP contribution in [0.5, 0.6) is 0 Å². The third-order valence-electron chi connectivity index (χ3n) is 3.66. The molecule has 2 aromatic rings. The SMILES string of the molecule is CN(C)CCCN(C(=O)C1=COCCO1)c1nc2ccc(Br)cc2s1.[Cl-]. The molecule has 0 fully saturated rings. The maximum atomic E-state index is 12.9. The minimum Gasteiger partial charge on any atom is -1.00 e. The molecule has 0 N–H and O–H groups in total. The fourth-order valence-electron chi connectivity index (χ4n) is 2.44. The van der Waals surface area contributed by atoms with Gasteiger partial charge in [-0.15, -0.1) is 0 Å². The van der Waals surface area contributed by atoms with Crippen LogP contribution in [0.15, 0.2) is 34.7 Å². The van der Waals surface area contributed by atoms with Gasteiger partial charge in [0.05, 0.1) is 10.2 Å². The lowest BCUT2D eigenvalue weighted by Crippen LogP contribution is -3.00. The molecule has 0 unspecified atom stereocenters. The van der Waals surface area contributed by atoms with Crippen molar-refractivity contribution in [1.29, 1.82) is 0 Å². The van der Waals surface area contributed by atoms with Gasteiger partial charge in [-0.1, -0.05) is 27.3 Å². The lowest BCUT2D eigenvalue weighted by atomic mass is 10.3. The average molecular weight is 462 g/mol. The van der Waals surface area contributed by atoms with Crippen molar-refractivity contribution in [1.82, 2.24) is 9.88 Å². The molecule has 0 spiro atoms. The number of amides is 1. The molecular formula is C17H20BrClN3O3S-. The summed E-state index contributed by atoms with van der Waals surface area (Å²) in [5.74, 6) is 0.0214. The summed E-state index contributed by atoms with van der Waals surface area (Å²) in [4.78, 5) is 21.3. The lowest BCUT2D eigenvalue weighted by molar-refractivity contribution is -0.119. The molecule has 0 saturated carbocycles. The van der Waals surface area contributed by atoms with Crippen molar-refractivity contribution in [2.45, 2.75) is 6.42 Å². The number of nitrogens with zero attached hydrogens (tertiary/aromatic N) is 3. The highest BCUT2D eigenvalue weighted by atomic mass is 79.9. The quantitative estimate of drug-likeness (QED) is 0.617. The topological polar surface area (TPSA) is 54.9 Å². The van der Waals surface area contributed by atoms with Gasteiger partial charge in [0.2, 0.25) is 5.76 Å². The zero-order chi connectivity index (χ0) is 17.8. The Morgan fingerprint density at radius 2 is 2.12 bits per heavy atom. The van der Waals surface area contributed by atoms with Crippen molar-refractivity contribution in [3.05, 3.63) is 34.7 Å². The number of benzene rings is 1. The first-order valence-electron chi connectivity index (χ1n) is 8.02. The second-order valence-electron chi connectivity index (χ2n) is 5.92. The third kappa shape index (κ3) is 5.09.